The number of benzene rings is 2. The van der Waals surface area contributed by atoms with Crippen LogP contribution in [0.15, 0.2) is 47.5 Å². The van der Waals surface area contributed by atoms with E-state index in [1.807, 2.05) is 6.21 Å². The molecule has 0 aliphatic heterocycles. The molecule has 1 atom stereocenters. The van der Waals surface area contributed by atoms with Crippen LogP contribution >= 0.6 is 11.3 Å². The number of nitrogens with zero attached hydrogens (tertiary/aromatic N) is 3. The smallest absolute Gasteiger partial charge is 0.134 e. The van der Waals surface area contributed by atoms with E-state index in [1.54, 1.807) is 11.3 Å². The second-order valence-electron chi connectivity index (χ2n) is 9.90. The van der Waals surface area contributed by atoms with Gasteiger partial charge >= 0.3 is 0 Å². The van der Waals surface area contributed by atoms with Gasteiger partial charge in [0, 0.05) is 39.4 Å². The van der Waals surface area contributed by atoms with Crippen LogP contribution in [0.3, 0.4) is 0 Å². The maximum atomic E-state index is 9.86. The highest BCUT2D eigenvalue weighted by atomic mass is 32.1. The molecule has 2 aromatic heterocycles. The minimum Gasteiger partial charge on any atom is -0.341 e. The molecule has 0 bridgehead atoms. The molecule has 1 aliphatic rings. The van der Waals surface area contributed by atoms with E-state index in [1.165, 1.54) is 32.2 Å². The highest BCUT2D eigenvalue weighted by Crippen LogP contribution is 2.45. The highest BCUT2D eigenvalue weighted by molar-refractivity contribution is 7.16. The van der Waals surface area contributed by atoms with Gasteiger partial charge in [-0.3, -0.25) is 0 Å². The van der Waals surface area contributed by atoms with Crippen LogP contribution in [-0.2, 0) is 19.4 Å². The Morgan fingerprint density at radius 1 is 1.16 bits per heavy atom. The van der Waals surface area contributed by atoms with E-state index in [9.17, 15) is 5.26 Å². The SMILES string of the molecule is CCn1c2ccccc2c2cc(C=Nc3sc4c(c3C#N)CC[C@H](C(C)(C)C)C4)ccc21. The van der Waals surface area contributed by atoms with Gasteiger partial charge in [-0.1, -0.05) is 45.0 Å². The molecule has 0 N–H and O–H groups in total. The van der Waals surface area contributed by atoms with Gasteiger partial charge in [0.1, 0.15) is 11.1 Å². The van der Waals surface area contributed by atoms with Gasteiger partial charge in [-0.05, 0) is 66.8 Å². The van der Waals surface area contributed by atoms with E-state index in [-0.39, 0.29) is 0 Å². The van der Waals surface area contributed by atoms with E-state index in [2.05, 4.69) is 80.8 Å². The van der Waals surface area contributed by atoms with Crippen LogP contribution < -0.4 is 0 Å². The Bertz CT molecular complexity index is 1390. The number of aryl methyl sites for hydroxylation is 1. The average Bonchev–Trinajstić information content (AvgIpc) is 3.30. The van der Waals surface area contributed by atoms with Gasteiger partial charge in [0.15, 0.2) is 0 Å². The lowest BCUT2D eigenvalue weighted by atomic mass is 9.72. The molecule has 5 rings (SSSR count). The number of hydrogen-bond acceptors (Lipinski definition) is 3. The van der Waals surface area contributed by atoms with Crippen LogP contribution in [0.2, 0.25) is 0 Å². The summed E-state index contributed by atoms with van der Waals surface area (Å²) in [6.07, 6.45) is 5.14. The zero-order chi connectivity index (χ0) is 22.5. The summed E-state index contributed by atoms with van der Waals surface area (Å²) in [5, 5.41) is 13.3. The maximum absolute atomic E-state index is 9.86. The quantitative estimate of drug-likeness (QED) is 0.302. The molecule has 0 saturated carbocycles. The van der Waals surface area contributed by atoms with Gasteiger partial charge in [-0.25, -0.2) is 4.99 Å². The monoisotopic (exact) mass is 439 g/mol. The summed E-state index contributed by atoms with van der Waals surface area (Å²) in [5.74, 6) is 0.662. The van der Waals surface area contributed by atoms with Crippen LogP contribution in [0.5, 0.6) is 0 Å². The fourth-order valence-corrected chi connectivity index (χ4v) is 6.36. The molecular formula is C28H29N3S. The Kier molecular flexibility index (Phi) is 5.18. The Balaban J connectivity index is 1.52. The maximum Gasteiger partial charge on any atom is 0.134 e. The standard InChI is InChI=1S/C28H29N3S/c1-5-31-24-9-7-6-8-20(24)22-14-18(10-13-25(22)31)17-30-27-23(16-29)21-12-11-19(28(2,3)4)15-26(21)32-27/h6-10,13-14,17,19H,5,11-12,15H2,1-4H3/t19-/m0/s1. The van der Waals surface area contributed by atoms with Gasteiger partial charge in [-0.15, -0.1) is 11.3 Å². The predicted octanol–water partition coefficient (Wildman–Crippen LogP) is 7.65. The van der Waals surface area contributed by atoms with Crippen molar-refractivity contribution in [3.63, 3.8) is 0 Å². The summed E-state index contributed by atoms with van der Waals surface area (Å²) >= 11 is 1.72. The van der Waals surface area contributed by atoms with Gasteiger partial charge in [0.25, 0.3) is 0 Å². The molecule has 4 aromatic rings. The third-order valence-corrected chi connectivity index (χ3v) is 8.19. The summed E-state index contributed by atoms with van der Waals surface area (Å²) < 4.78 is 2.36. The van der Waals surface area contributed by atoms with Crippen LogP contribution in [-0.4, -0.2) is 10.8 Å². The Morgan fingerprint density at radius 3 is 2.69 bits per heavy atom. The third kappa shape index (κ3) is 3.45. The van der Waals surface area contributed by atoms with E-state index >= 15 is 0 Å². The lowest BCUT2D eigenvalue weighted by Gasteiger charge is -2.33. The van der Waals surface area contributed by atoms with Gasteiger partial charge < -0.3 is 4.57 Å². The molecule has 4 heteroatoms. The minimum absolute atomic E-state index is 0.297. The zero-order valence-corrected chi connectivity index (χ0v) is 20.1. The van der Waals surface area contributed by atoms with Crippen LogP contribution in [0.1, 0.15) is 55.7 Å². The number of fused-ring (bicyclic) bond motifs is 4. The van der Waals surface area contributed by atoms with E-state index in [4.69, 9.17) is 4.99 Å². The molecule has 32 heavy (non-hydrogen) atoms. The van der Waals surface area contributed by atoms with Crippen molar-refractivity contribution in [1.82, 2.24) is 4.57 Å². The Labute approximate surface area is 194 Å². The van der Waals surface area contributed by atoms with Crippen molar-refractivity contribution in [3.8, 4) is 6.07 Å². The fraction of sp³-hybridized carbons (Fsp3) is 0.357. The first-order chi connectivity index (χ1) is 15.4. The lowest BCUT2D eigenvalue weighted by Crippen LogP contribution is -2.26. The van der Waals surface area contributed by atoms with Crippen LogP contribution in [0.25, 0.3) is 21.8 Å². The van der Waals surface area contributed by atoms with Gasteiger partial charge in [0.05, 0.1) is 5.56 Å². The molecule has 2 aromatic carbocycles. The van der Waals surface area contributed by atoms with Crippen molar-refractivity contribution in [2.24, 2.45) is 16.3 Å². The molecular weight excluding hydrogens is 410 g/mol. The average molecular weight is 440 g/mol. The first-order valence-electron chi connectivity index (χ1n) is 11.5. The summed E-state index contributed by atoms with van der Waals surface area (Å²) in [4.78, 5) is 6.18. The molecule has 0 amide bonds. The summed E-state index contributed by atoms with van der Waals surface area (Å²) in [6, 6.07) is 17.6. The largest absolute Gasteiger partial charge is 0.341 e. The number of hydrogen-bond donors (Lipinski definition) is 0. The van der Waals surface area contributed by atoms with Crippen molar-refractivity contribution in [1.29, 1.82) is 5.26 Å². The molecule has 162 valence electrons. The summed E-state index contributed by atoms with van der Waals surface area (Å²) in [6.45, 7) is 10.1. The number of aromatic nitrogens is 1. The number of para-hydroxylation sites is 1. The van der Waals surface area contributed by atoms with E-state index < -0.39 is 0 Å². The van der Waals surface area contributed by atoms with Crippen molar-refractivity contribution in [3.05, 3.63) is 64.0 Å². The second kappa shape index (κ2) is 7.90. The normalized spacial score (nSPS) is 16.7. The van der Waals surface area contributed by atoms with Crippen LogP contribution in [0.4, 0.5) is 5.00 Å². The minimum atomic E-state index is 0.297. The number of nitriles is 1. The highest BCUT2D eigenvalue weighted by Gasteiger charge is 2.32. The molecule has 0 radical (unpaired) electrons. The molecule has 0 unspecified atom stereocenters. The molecule has 0 saturated heterocycles. The molecule has 0 fully saturated rings. The number of thiophene rings is 1. The lowest BCUT2D eigenvalue weighted by molar-refractivity contribution is 0.218. The first kappa shape index (κ1) is 21.0. The topological polar surface area (TPSA) is 41.1 Å². The molecule has 2 heterocycles. The fourth-order valence-electron chi connectivity index (χ4n) is 5.14. The Morgan fingerprint density at radius 2 is 1.94 bits per heavy atom. The zero-order valence-electron chi connectivity index (χ0n) is 19.3. The van der Waals surface area contributed by atoms with Crippen molar-refractivity contribution in [2.45, 2.75) is 53.5 Å². The number of aliphatic imine (C=N–C) groups is 1. The van der Waals surface area contributed by atoms with E-state index in [0.717, 1.165) is 41.9 Å². The van der Waals surface area contributed by atoms with E-state index in [0.29, 0.717) is 11.3 Å². The molecule has 3 nitrogen and oxygen atoms in total. The van der Waals surface area contributed by atoms with Crippen molar-refractivity contribution < 1.29 is 0 Å². The summed E-state index contributed by atoms with van der Waals surface area (Å²) in [5.41, 5.74) is 5.92. The molecule has 0 spiro atoms. The predicted molar refractivity (Wildman–Crippen MR) is 136 cm³/mol. The van der Waals surface area contributed by atoms with Crippen molar-refractivity contribution in [2.75, 3.05) is 0 Å². The summed E-state index contributed by atoms with van der Waals surface area (Å²) in [7, 11) is 0. The van der Waals surface area contributed by atoms with Crippen LogP contribution in [0, 0.1) is 22.7 Å². The second-order valence-corrected chi connectivity index (χ2v) is 11.0. The number of rotatable bonds is 3. The van der Waals surface area contributed by atoms with Gasteiger partial charge in [-0.2, -0.15) is 5.26 Å². The van der Waals surface area contributed by atoms with Crippen molar-refractivity contribution >= 4 is 44.4 Å². The van der Waals surface area contributed by atoms with Gasteiger partial charge in [0.2, 0.25) is 0 Å². The first-order valence-corrected chi connectivity index (χ1v) is 12.3. The Hall–Kier alpha value is -2.90. The third-order valence-electron chi connectivity index (χ3n) is 7.03. The molecule has 1 aliphatic carbocycles.